The second-order valence-corrected chi connectivity index (χ2v) is 21.7. The molecule has 87 heavy (non-hydrogen) atoms. The number of nitrogens with one attached hydrogen (secondary N) is 3. The molecule has 3 amide bonds. The van der Waals surface area contributed by atoms with Crippen molar-refractivity contribution in [2.45, 2.75) is 229 Å². The first kappa shape index (κ1) is 72.3. The van der Waals surface area contributed by atoms with Crippen LogP contribution in [0.2, 0.25) is 0 Å². The molecule has 0 saturated carbocycles. The highest BCUT2D eigenvalue weighted by molar-refractivity contribution is 5.77. The molecule has 6 saturated heterocycles. The van der Waals surface area contributed by atoms with E-state index in [1.54, 1.807) is 0 Å². The van der Waals surface area contributed by atoms with Crippen LogP contribution in [0, 0.1) is 0 Å². The lowest BCUT2D eigenvalue weighted by Gasteiger charge is -2.51. The van der Waals surface area contributed by atoms with E-state index >= 15 is 0 Å². The van der Waals surface area contributed by atoms with Crippen molar-refractivity contribution in [2.75, 3.05) is 39.6 Å². The van der Waals surface area contributed by atoms with Crippen molar-refractivity contribution in [1.29, 1.82) is 0 Å². The smallest absolute Gasteiger partial charge is 0.364 e. The van der Waals surface area contributed by atoms with Crippen molar-refractivity contribution in [1.82, 2.24) is 16.0 Å². The molecule has 0 spiro atoms. The number of carbonyl (C=O) groups is 5. The van der Waals surface area contributed by atoms with Crippen LogP contribution in [-0.2, 0) is 76.1 Å². The molecule has 502 valence electrons. The van der Waals surface area contributed by atoms with Gasteiger partial charge in [0.15, 0.2) is 25.2 Å². The van der Waals surface area contributed by atoms with E-state index in [0.717, 1.165) is 20.8 Å². The van der Waals surface area contributed by atoms with Gasteiger partial charge in [-0.2, -0.15) is 0 Å². The third-order valence-electron chi connectivity index (χ3n) is 15.5. The topological polar surface area (TPSA) is 630 Å². The standard InChI is InChI=1S/C48H79N3O36/c1-13(57)49-26-16(60)5-47(45(73)74,86-39(26)29(64)18(62)7-52)77-12-24-33(68)38(28(51-15(3)59)43(81-24)84-41-32(67)22(10-55)80-44(36(41)71)83-37-23(11-56)79-42(72)35(70)34(37)69)82-25-4-20(31(66)21(9-54)78-25)85-48(46(75)76)6-17(61)27(50-14(2)58)40(87-48)30(65)19(63)8-53/h16-44,52-56,60-72H,4-12H2,1-3H3,(H,49,57)(H,50,58)(H,51,59)(H,73,74)(H,75,76)/p-1/t16-,17-,18+,19+,20+,21+,22+,23+,24+,25-,26+,27+,28+,29+,30+,31+,32-,33+,34+,35+,36+,37+,38+,39+,40+,41-,42?,43-,44-,47+,48+/m0/s1. The van der Waals surface area contributed by atoms with Gasteiger partial charge >= 0.3 is 5.97 Å². The monoisotopic (exact) mass is 1270 g/mol. The summed E-state index contributed by atoms with van der Waals surface area (Å²) in [5.41, 5.74) is 0. The first-order valence-electron chi connectivity index (χ1n) is 27.2. The molecule has 1 unspecified atom stereocenters. The first-order valence-corrected chi connectivity index (χ1v) is 27.2. The predicted molar refractivity (Wildman–Crippen MR) is 264 cm³/mol. The van der Waals surface area contributed by atoms with Crippen molar-refractivity contribution in [3.63, 3.8) is 0 Å². The molecule has 0 aromatic rings. The fraction of sp³-hybridized carbons (Fsp3) is 0.896. The second-order valence-electron chi connectivity index (χ2n) is 21.7. The molecule has 0 bridgehead atoms. The van der Waals surface area contributed by atoms with Crippen LogP contribution in [0.15, 0.2) is 0 Å². The molecule has 31 atom stereocenters. The van der Waals surface area contributed by atoms with Crippen LogP contribution in [-0.4, -0.2) is 355 Å². The maximum atomic E-state index is 13.2. The number of aliphatic carboxylic acids is 2. The summed E-state index contributed by atoms with van der Waals surface area (Å²) in [6.45, 7) is -4.13. The molecule has 6 aliphatic heterocycles. The molecule has 6 aliphatic rings. The van der Waals surface area contributed by atoms with Crippen LogP contribution in [0.25, 0.3) is 0 Å². The van der Waals surface area contributed by atoms with Crippen molar-refractivity contribution < 1.29 is 178 Å². The summed E-state index contributed by atoms with van der Waals surface area (Å²) in [4.78, 5) is 63.9. The van der Waals surface area contributed by atoms with E-state index in [1.165, 1.54) is 0 Å². The Kier molecular flexibility index (Phi) is 25.4. The number of carbonyl (C=O) groups excluding carboxylic acids is 4. The van der Waals surface area contributed by atoms with Gasteiger partial charge in [-0.1, -0.05) is 0 Å². The maximum Gasteiger partial charge on any atom is 0.364 e. The second kappa shape index (κ2) is 30.5. The van der Waals surface area contributed by atoms with Gasteiger partial charge in [0.2, 0.25) is 23.5 Å². The quantitative estimate of drug-likeness (QED) is 0.0404. The summed E-state index contributed by atoms with van der Waals surface area (Å²) < 4.78 is 63.5. The maximum absolute atomic E-state index is 13.2. The number of aliphatic hydroxyl groups is 18. The Morgan fingerprint density at radius 3 is 1.51 bits per heavy atom. The van der Waals surface area contributed by atoms with E-state index in [2.05, 4.69) is 16.0 Å². The fourth-order valence-corrected chi connectivity index (χ4v) is 11.0. The number of amides is 3. The van der Waals surface area contributed by atoms with E-state index in [0.29, 0.717) is 0 Å². The highest BCUT2D eigenvalue weighted by Gasteiger charge is 2.61. The molecular weight excluding hydrogens is 1190 g/mol. The average molecular weight is 1270 g/mol. The van der Waals surface area contributed by atoms with Gasteiger partial charge in [-0.25, -0.2) is 4.79 Å². The molecule has 0 radical (unpaired) electrons. The Morgan fingerprint density at radius 2 is 1.01 bits per heavy atom. The molecule has 39 heteroatoms. The molecule has 0 aromatic heterocycles. The minimum Gasteiger partial charge on any atom is -0.544 e. The van der Waals surface area contributed by atoms with Crippen LogP contribution < -0.4 is 21.1 Å². The van der Waals surface area contributed by atoms with Crippen LogP contribution >= 0.6 is 0 Å². The van der Waals surface area contributed by atoms with Crippen molar-refractivity contribution in [3.8, 4) is 0 Å². The van der Waals surface area contributed by atoms with E-state index in [1.807, 2.05) is 0 Å². The number of hydrogen-bond acceptors (Lipinski definition) is 35. The van der Waals surface area contributed by atoms with Crippen LogP contribution in [0.5, 0.6) is 0 Å². The molecule has 6 heterocycles. The molecule has 0 aromatic carbocycles. The van der Waals surface area contributed by atoms with Gasteiger partial charge in [0, 0.05) is 40.0 Å². The predicted octanol–water partition coefficient (Wildman–Crippen LogP) is -15.6. The Morgan fingerprint density at radius 1 is 0.540 bits per heavy atom. The van der Waals surface area contributed by atoms with Gasteiger partial charge in [-0.3, -0.25) is 14.4 Å². The Hall–Kier alpha value is -3.81. The van der Waals surface area contributed by atoms with Crippen molar-refractivity contribution in [2.24, 2.45) is 0 Å². The van der Waals surface area contributed by atoms with E-state index in [9.17, 15) is 126 Å². The Labute approximate surface area is 491 Å². The zero-order valence-corrected chi connectivity index (χ0v) is 46.5. The number of carboxylic acids is 2. The summed E-state index contributed by atoms with van der Waals surface area (Å²) in [5, 5.41) is 225. The summed E-state index contributed by atoms with van der Waals surface area (Å²) in [6.07, 6.45) is -58.0. The molecule has 6 fully saturated rings. The van der Waals surface area contributed by atoms with Crippen LogP contribution in [0.1, 0.15) is 40.0 Å². The fourth-order valence-electron chi connectivity index (χ4n) is 11.0. The zero-order chi connectivity index (χ0) is 64.9. The van der Waals surface area contributed by atoms with Gasteiger partial charge < -0.3 is 175 Å². The highest BCUT2D eigenvalue weighted by atomic mass is 16.8. The Balaban J connectivity index is 1.41. The van der Waals surface area contributed by atoms with E-state index in [-0.39, 0.29) is 0 Å². The summed E-state index contributed by atoms with van der Waals surface area (Å²) in [5.74, 6) is -13.6. The number of carboxylic acid groups (broad SMARTS) is 2. The zero-order valence-electron chi connectivity index (χ0n) is 46.5. The summed E-state index contributed by atoms with van der Waals surface area (Å²) >= 11 is 0. The SMILES string of the molecule is CC(=O)N[C@H]1[C@H](O[C@H]2[C@@H](O)[C@@H](CO)O[C@@H](O[C@H]3[C@H](O)[C@@H](O)C(O)O[C@@H]3CO)[C@@H]2O)O[C@H](CO[C@]2(C(=O)[O-])C[C@H](O)[C@@H](NC(C)=O)[C@H]([C@H](O)[C@H](O)CO)O2)[C@@H](O)[C@@H]1O[C@H]1C[C@@H](O[C@]2(C(=O)O)C[C@H](O)[C@@H](NC(C)=O)[C@H]([C@H](O)[C@H](O)CO)O2)[C@@H](O)[C@@H](CO)O1. The molecular formula is C48H78N3O36-. The molecule has 22 N–H and O–H groups in total. The van der Waals surface area contributed by atoms with Crippen molar-refractivity contribution in [3.05, 3.63) is 0 Å². The highest BCUT2D eigenvalue weighted by Crippen LogP contribution is 2.41. The summed E-state index contributed by atoms with van der Waals surface area (Å²) in [6, 6.07) is -5.46. The van der Waals surface area contributed by atoms with Gasteiger partial charge in [0.25, 0.3) is 5.79 Å². The van der Waals surface area contributed by atoms with E-state index < -0.39 is 278 Å². The molecule has 6 rings (SSSR count). The van der Waals surface area contributed by atoms with Crippen LogP contribution in [0.3, 0.4) is 0 Å². The lowest BCUT2D eigenvalue weighted by atomic mass is 9.88. The normalized spacial score (nSPS) is 44.1. The third kappa shape index (κ3) is 16.1. The molecule has 39 nitrogen and oxygen atoms in total. The van der Waals surface area contributed by atoms with Gasteiger partial charge in [-0.15, -0.1) is 0 Å². The third-order valence-corrected chi connectivity index (χ3v) is 15.5. The van der Waals surface area contributed by atoms with Crippen molar-refractivity contribution >= 4 is 29.7 Å². The first-order chi connectivity index (χ1) is 40.8. The van der Waals surface area contributed by atoms with Crippen LogP contribution in [0.4, 0.5) is 0 Å². The number of ether oxygens (including phenoxy) is 11. The van der Waals surface area contributed by atoms with E-state index in [4.69, 9.17) is 52.1 Å². The van der Waals surface area contributed by atoms with Gasteiger partial charge in [0.1, 0.15) is 128 Å². The minimum atomic E-state index is -3.28. The minimum absolute atomic E-state index is 0.846. The summed E-state index contributed by atoms with van der Waals surface area (Å²) in [7, 11) is 0. The number of aliphatic hydroxyl groups excluding tert-OH is 18. The van der Waals surface area contributed by atoms with Gasteiger partial charge in [-0.05, 0) is 0 Å². The average Bonchev–Trinajstić information content (AvgIpc) is 1.15. The lowest BCUT2D eigenvalue weighted by Crippen LogP contribution is -2.71. The lowest BCUT2D eigenvalue weighted by molar-refractivity contribution is -0.394. The number of rotatable bonds is 25. The molecule has 0 aliphatic carbocycles. The largest absolute Gasteiger partial charge is 0.544 e. The number of hydrogen-bond donors (Lipinski definition) is 22. The van der Waals surface area contributed by atoms with Gasteiger partial charge in [0.05, 0.1) is 70.0 Å². The Bertz CT molecular complexity index is 2280.